The van der Waals surface area contributed by atoms with Gasteiger partial charge in [0.2, 0.25) is 0 Å². The zero-order valence-corrected chi connectivity index (χ0v) is 13.0. The van der Waals surface area contributed by atoms with Gasteiger partial charge in [0.05, 0.1) is 18.8 Å². The van der Waals surface area contributed by atoms with Gasteiger partial charge in [0.15, 0.2) is 0 Å². The molecular formula is C15H25NO2S. The standard InChI is InChI=1S/C15H25NO2S/c1-11-12(7-15(19-11)9-16-2)10-18-14-6-4-5-13(8-14)17-3/h7,13-14,16H,4-6,8-10H2,1-3H3. The minimum absolute atomic E-state index is 0.366. The smallest absolute Gasteiger partial charge is 0.0731 e. The average molecular weight is 283 g/mol. The quantitative estimate of drug-likeness (QED) is 0.869. The number of hydrogen-bond acceptors (Lipinski definition) is 4. The molecule has 1 aromatic rings. The summed E-state index contributed by atoms with van der Waals surface area (Å²) in [4.78, 5) is 2.77. The molecule has 2 rings (SSSR count). The van der Waals surface area contributed by atoms with Gasteiger partial charge in [-0.1, -0.05) is 0 Å². The van der Waals surface area contributed by atoms with Crippen molar-refractivity contribution in [2.24, 2.45) is 0 Å². The number of aryl methyl sites for hydroxylation is 1. The summed E-state index contributed by atoms with van der Waals surface area (Å²) in [5, 5.41) is 3.20. The lowest BCUT2D eigenvalue weighted by Gasteiger charge is -2.28. The van der Waals surface area contributed by atoms with Gasteiger partial charge in [-0.3, -0.25) is 0 Å². The first-order valence-corrected chi connectivity index (χ1v) is 7.91. The van der Waals surface area contributed by atoms with E-state index in [4.69, 9.17) is 9.47 Å². The molecule has 0 aromatic carbocycles. The number of methoxy groups -OCH3 is 1. The van der Waals surface area contributed by atoms with Crippen LogP contribution in [0.25, 0.3) is 0 Å². The third-order valence-corrected chi connectivity index (χ3v) is 4.90. The van der Waals surface area contributed by atoms with Gasteiger partial charge in [0.25, 0.3) is 0 Å². The Labute approximate surface area is 120 Å². The molecule has 1 heterocycles. The van der Waals surface area contributed by atoms with Crippen LogP contribution >= 0.6 is 11.3 Å². The summed E-state index contributed by atoms with van der Waals surface area (Å²) in [6.07, 6.45) is 5.37. The van der Waals surface area contributed by atoms with Gasteiger partial charge in [0.1, 0.15) is 0 Å². The molecule has 3 nitrogen and oxygen atoms in total. The third-order valence-electron chi connectivity index (χ3n) is 3.81. The fourth-order valence-corrected chi connectivity index (χ4v) is 3.73. The predicted octanol–water partition coefficient (Wildman–Crippen LogP) is 3.25. The summed E-state index contributed by atoms with van der Waals surface area (Å²) < 4.78 is 11.5. The maximum Gasteiger partial charge on any atom is 0.0731 e. The minimum atomic E-state index is 0.366. The molecule has 4 heteroatoms. The Kier molecular flexibility index (Phi) is 5.82. The first kappa shape index (κ1) is 15.0. The van der Waals surface area contributed by atoms with E-state index < -0.39 is 0 Å². The molecule has 0 spiro atoms. The van der Waals surface area contributed by atoms with Crippen molar-refractivity contribution in [1.29, 1.82) is 0 Å². The van der Waals surface area contributed by atoms with E-state index in [9.17, 15) is 0 Å². The zero-order valence-electron chi connectivity index (χ0n) is 12.2. The summed E-state index contributed by atoms with van der Waals surface area (Å²) >= 11 is 1.86. The number of ether oxygens (including phenoxy) is 2. The van der Waals surface area contributed by atoms with E-state index in [-0.39, 0.29) is 0 Å². The molecule has 2 unspecified atom stereocenters. The molecule has 1 aliphatic rings. The Morgan fingerprint density at radius 2 is 2.16 bits per heavy atom. The Balaban J connectivity index is 1.84. The van der Waals surface area contributed by atoms with Crippen LogP contribution in [-0.4, -0.2) is 26.4 Å². The van der Waals surface area contributed by atoms with Crippen LogP contribution in [0.5, 0.6) is 0 Å². The molecule has 1 aliphatic carbocycles. The Bertz CT molecular complexity index is 391. The first-order chi connectivity index (χ1) is 9.22. The lowest BCUT2D eigenvalue weighted by molar-refractivity contribution is -0.0363. The van der Waals surface area contributed by atoms with E-state index in [1.54, 1.807) is 7.11 Å². The highest BCUT2D eigenvalue weighted by atomic mass is 32.1. The van der Waals surface area contributed by atoms with E-state index in [1.807, 2.05) is 18.4 Å². The van der Waals surface area contributed by atoms with Crippen LogP contribution in [0.15, 0.2) is 6.07 Å². The van der Waals surface area contributed by atoms with Crippen LogP contribution in [0.3, 0.4) is 0 Å². The number of rotatable bonds is 6. The van der Waals surface area contributed by atoms with Crippen molar-refractivity contribution in [3.63, 3.8) is 0 Å². The van der Waals surface area contributed by atoms with Crippen molar-refractivity contribution < 1.29 is 9.47 Å². The number of thiophene rings is 1. The normalized spacial score (nSPS) is 23.7. The second kappa shape index (κ2) is 7.39. The van der Waals surface area contributed by atoms with Gasteiger partial charge in [0, 0.05) is 23.4 Å². The molecule has 19 heavy (non-hydrogen) atoms. The van der Waals surface area contributed by atoms with Gasteiger partial charge in [-0.15, -0.1) is 11.3 Å². The van der Waals surface area contributed by atoms with E-state index in [1.165, 1.54) is 34.6 Å². The summed E-state index contributed by atoms with van der Waals surface area (Å²) in [5.41, 5.74) is 1.34. The van der Waals surface area contributed by atoms with Crippen LogP contribution in [0.1, 0.15) is 41.0 Å². The van der Waals surface area contributed by atoms with Crippen LogP contribution in [0.2, 0.25) is 0 Å². The predicted molar refractivity (Wildman–Crippen MR) is 79.7 cm³/mol. The molecule has 1 aromatic heterocycles. The van der Waals surface area contributed by atoms with Crippen LogP contribution in [-0.2, 0) is 22.6 Å². The van der Waals surface area contributed by atoms with Crippen LogP contribution in [0.4, 0.5) is 0 Å². The second-order valence-electron chi connectivity index (χ2n) is 5.28. The van der Waals surface area contributed by atoms with Crippen molar-refractivity contribution in [2.75, 3.05) is 14.2 Å². The van der Waals surface area contributed by atoms with Gasteiger partial charge in [-0.05, 0) is 51.3 Å². The average Bonchev–Trinajstić information content (AvgIpc) is 2.77. The van der Waals surface area contributed by atoms with Crippen molar-refractivity contribution in [3.05, 3.63) is 21.4 Å². The maximum atomic E-state index is 6.08. The molecule has 0 saturated heterocycles. The van der Waals surface area contributed by atoms with Crippen molar-refractivity contribution in [2.45, 2.75) is 58.0 Å². The molecule has 2 atom stereocenters. The summed E-state index contributed by atoms with van der Waals surface area (Å²) in [7, 11) is 3.79. The third kappa shape index (κ3) is 4.28. The molecule has 1 fully saturated rings. The molecular weight excluding hydrogens is 258 g/mol. The Morgan fingerprint density at radius 1 is 1.37 bits per heavy atom. The highest BCUT2D eigenvalue weighted by Crippen LogP contribution is 2.26. The fourth-order valence-electron chi connectivity index (χ4n) is 2.67. The number of nitrogens with one attached hydrogen (secondary N) is 1. The van der Waals surface area contributed by atoms with Gasteiger partial charge >= 0.3 is 0 Å². The van der Waals surface area contributed by atoms with Crippen LogP contribution in [0, 0.1) is 6.92 Å². The molecule has 1 saturated carbocycles. The highest BCUT2D eigenvalue weighted by Gasteiger charge is 2.22. The first-order valence-electron chi connectivity index (χ1n) is 7.10. The number of hydrogen-bond donors (Lipinski definition) is 1. The molecule has 108 valence electrons. The SMILES string of the molecule is CNCc1cc(COC2CCCC(OC)C2)c(C)s1. The highest BCUT2D eigenvalue weighted by molar-refractivity contribution is 7.12. The lowest BCUT2D eigenvalue weighted by Crippen LogP contribution is -2.27. The topological polar surface area (TPSA) is 30.5 Å². The molecule has 1 N–H and O–H groups in total. The van der Waals surface area contributed by atoms with Gasteiger partial charge in [-0.2, -0.15) is 0 Å². The molecule has 0 bridgehead atoms. The van der Waals surface area contributed by atoms with Gasteiger partial charge < -0.3 is 14.8 Å². The van der Waals surface area contributed by atoms with Crippen molar-refractivity contribution in [3.8, 4) is 0 Å². The molecule has 0 aliphatic heterocycles. The van der Waals surface area contributed by atoms with Crippen molar-refractivity contribution in [1.82, 2.24) is 5.32 Å². The maximum absolute atomic E-state index is 6.08. The monoisotopic (exact) mass is 283 g/mol. The van der Waals surface area contributed by atoms with E-state index in [0.29, 0.717) is 12.2 Å². The Morgan fingerprint density at radius 3 is 2.89 bits per heavy atom. The minimum Gasteiger partial charge on any atom is -0.381 e. The molecule has 0 amide bonds. The Hall–Kier alpha value is -0.420. The van der Waals surface area contributed by atoms with Gasteiger partial charge in [-0.25, -0.2) is 0 Å². The summed E-state index contributed by atoms with van der Waals surface area (Å²) in [6, 6.07) is 2.27. The van der Waals surface area contributed by atoms with Crippen LogP contribution < -0.4 is 5.32 Å². The van der Waals surface area contributed by atoms with E-state index in [0.717, 1.165) is 19.6 Å². The van der Waals surface area contributed by atoms with E-state index in [2.05, 4.69) is 18.3 Å². The largest absolute Gasteiger partial charge is 0.381 e. The van der Waals surface area contributed by atoms with Crippen molar-refractivity contribution >= 4 is 11.3 Å². The second-order valence-corrected chi connectivity index (χ2v) is 6.62. The summed E-state index contributed by atoms with van der Waals surface area (Å²) in [5.74, 6) is 0. The summed E-state index contributed by atoms with van der Waals surface area (Å²) in [6.45, 7) is 3.87. The van der Waals surface area contributed by atoms with E-state index >= 15 is 0 Å². The zero-order chi connectivity index (χ0) is 13.7. The molecule has 0 radical (unpaired) electrons. The fraction of sp³-hybridized carbons (Fsp3) is 0.733. The lowest BCUT2D eigenvalue weighted by atomic mass is 9.95.